The van der Waals surface area contributed by atoms with Crippen molar-refractivity contribution in [2.24, 2.45) is 4.99 Å². The van der Waals surface area contributed by atoms with Gasteiger partial charge < -0.3 is 29.2 Å². The lowest BCUT2D eigenvalue weighted by Crippen LogP contribution is -2.47. The summed E-state index contributed by atoms with van der Waals surface area (Å²) in [4.78, 5) is 22.0. The Hall–Kier alpha value is -3.77. The number of methoxy groups -OCH3 is 2. The van der Waals surface area contributed by atoms with Gasteiger partial charge in [0, 0.05) is 24.5 Å². The molecule has 1 amide bonds. The summed E-state index contributed by atoms with van der Waals surface area (Å²) in [6, 6.07) is 10.1. The largest absolute Gasteiger partial charge is 0.494 e. The number of morpholine rings is 1. The predicted molar refractivity (Wildman–Crippen MR) is 146 cm³/mol. The molecule has 1 aliphatic heterocycles. The summed E-state index contributed by atoms with van der Waals surface area (Å²) in [5.74, 6) is 0.738. The highest BCUT2D eigenvalue weighted by atomic mass is 32.2. The highest BCUT2D eigenvalue weighted by molar-refractivity contribution is 7.92. The van der Waals surface area contributed by atoms with Crippen molar-refractivity contribution in [3.8, 4) is 17.4 Å². The van der Waals surface area contributed by atoms with Crippen molar-refractivity contribution in [2.45, 2.75) is 13.3 Å². The van der Waals surface area contributed by atoms with Gasteiger partial charge in [-0.1, -0.05) is 6.92 Å². The lowest BCUT2D eigenvalue weighted by Gasteiger charge is -2.30. The quantitative estimate of drug-likeness (QED) is 0.396. The van der Waals surface area contributed by atoms with Crippen LogP contribution < -0.4 is 13.8 Å². The lowest BCUT2D eigenvalue weighted by atomic mass is 10.1. The summed E-state index contributed by atoms with van der Waals surface area (Å²) >= 11 is 0. The van der Waals surface area contributed by atoms with Crippen LogP contribution in [0.5, 0.6) is 17.4 Å². The zero-order chi connectivity index (χ0) is 27.4. The molecule has 2 N–H and O–H groups in total. The number of benzene rings is 2. The Morgan fingerprint density at radius 2 is 1.76 bits per heavy atom. The maximum absolute atomic E-state index is 12.7. The van der Waals surface area contributed by atoms with Crippen LogP contribution in [0.15, 0.2) is 41.4 Å². The van der Waals surface area contributed by atoms with Gasteiger partial charge in [-0.25, -0.2) is 8.42 Å². The minimum atomic E-state index is -3.71. The standard InChI is InChI=1S/C26H32N4O7S/c1-5-20(25-19-14-22(35-2)23(36-3)15-21(19)28-26(25)32)27-17-6-8-18(9-7-17)30(38(4,33)34)16-24(31)29-10-12-37-13-11-29/h6-9,14-15,28,32H,5,10-13,16H2,1-4H3. The summed E-state index contributed by atoms with van der Waals surface area (Å²) in [5.41, 5.74) is 2.75. The summed E-state index contributed by atoms with van der Waals surface area (Å²) in [5, 5.41) is 11.4. The van der Waals surface area contributed by atoms with E-state index in [1.54, 1.807) is 55.5 Å². The van der Waals surface area contributed by atoms with Crippen LogP contribution >= 0.6 is 0 Å². The molecule has 1 aromatic heterocycles. The molecule has 0 radical (unpaired) electrons. The number of H-pyrrole nitrogens is 1. The zero-order valence-electron chi connectivity index (χ0n) is 21.9. The number of amides is 1. The number of aromatic hydroxyl groups is 1. The highest BCUT2D eigenvalue weighted by Gasteiger charge is 2.25. The van der Waals surface area contributed by atoms with Crippen LogP contribution in [0.25, 0.3) is 10.9 Å². The number of aliphatic imine (C=N–C) groups is 1. The first-order chi connectivity index (χ1) is 18.2. The topological polar surface area (TPSA) is 134 Å². The van der Waals surface area contributed by atoms with Crippen molar-refractivity contribution < 1.29 is 32.5 Å². The fourth-order valence-corrected chi connectivity index (χ4v) is 5.25. The second-order valence-electron chi connectivity index (χ2n) is 8.79. The third-order valence-corrected chi connectivity index (χ3v) is 7.49. The number of carbonyl (C=O) groups excluding carboxylic acids is 1. The third-order valence-electron chi connectivity index (χ3n) is 6.35. The van der Waals surface area contributed by atoms with E-state index in [0.29, 0.717) is 72.4 Å². The number of nitrogens with one attached hydrogen (secondary N) is 1. The van der Waals surface area contributed by atoms with Gasteiger partial charge in [-0.2, -0.15) is 0 Å². The maximum atomic E-state index is 12.7. The third kappa shape index (κ3) is 5.70. The van der Waals surface area contributed by atoms with E-state index in [0.717, 1.165) is 15.9 Å². The molecule has 3 aromatic rings. The molecule has 38 heavy (non-hydrogen) atoms. The predicted octanol–water partition coefficient (Wildman–Crippen LogP) is 3.05. The summed E-state index contributed by atoms with van der Waals surface area (Å²) in [7, 11) is -0.627. The first kappa shape index (κ1) is 27.3. The molecular formula is C26H32N4O7S. The molecule has 1 saturated heterocycles. The van der Waals surface area contributed by atoms with Crippen molar-refractivity contribution in [2.75, 3.05) is 57.6 Å². The van der Waals surface area contributed by atoms with E-state index in [1.807, 2.05) is 6.92 Å². The number of hydrogen-bond acceptors (Lipinski definition) is 8. The molecule has 2 aromatic carbocycles. The van der Waals surface area contributed by atoms with Crippen LogP contribution in [-0.2, 0) is 19.6 Å². The van der Waals surface area contributed by atoms with Crippen LogP contribution in [0.2, 0.25) is 0 Å². The summed E-state index contributed by atoms with van der Waals surface area (Å²) in [6.45, 7) is 3.37. The van der Waals surface area contributed by atoms with Gasteiger partial charge >= 0.3 is 0 Å². The fourth-order valence-electron chi connectivity index (χ4n) is 4.40. The molecule has 0 spiro atoms. The number of nitrogens with zero attached hydrogens (tertiary/aromatic N) is 3. The van der Waals surface area contributed by atoms with E-state index in [9.17, 15) is 18.3 Å². The number of rotatable bonds is 9. The molecule has 0 aliphatic carbocycles. The van der Waals surface area contributed by atoms with Crippen molar-refractivity contribution >= 4 is 43.9 Å². The van der Waals surface area contributed by atoms with Gasteiger partial charge in [0.25, 0.3) is 0 Å². The molecule has 1 fully saturated rings. The van der Waals surface area contributed by atoms with Gasteiger partial charge in [0.05, 0.1) is 61.9 Å². The Bertz CT molecular complexity index is 1440. The number of aromatic amines is 1. The molecule has 0 bridgehead atoms. The van der Waals surface area contributed by atoms with E-state index in [4.69, 9.17) is 19.2 Å². The monoisotopic (exact) mass is 544 g/mol. The van der Waals surface area contributed by atoms with Gasteiger partial charge in [0.1, 0.15) is 6.54 Å². The highest BCUT2D eigenvalue weighted by Crippen LogP contribution is 2.38. The van der Waals surface area contributed by atoms with E-state index in [1.165, 1.54) is 0 Å². The van der Waals surface area contributed by atoms with E-state index in [-0.39, 0.29) is 18.3 Å². The molecule has 0 saturated carbocycles. The Morgan fingerprint density at radius 1 is 1.13 bits per heavy atom. The van der Waals surface area contributed by atoms with Crippen molar-refractivity contribution in [1.29, 1.82) is 0 Å². The molecular weight excluding hydrogens is 512 g/mol. The van der Waals surface area contributed by atoms with E-state index in [2.05, 4.69) is 4.98 Å². The van der Waals surface area contributed by atoms with Crippen LogP contribution in [0.1, 0.15) is 18.9 Å². The van der Waals surface area contributed by atoms with Crippen LogP contribution in [-0.4, -0.2) is 88.4 Å². The normalized spacial score (nSPS) is 14.5. The Labute approximate surface area is 221 Å². The SMILES string of the molecule is CCC(=Nc1ccc(N(CC(=O)N2CCOCC2)S(C)(=O)=O)cc1)c1c(O)[nH]c2cc(OC)c(OC)cc12. The van der Waals surface area contributed by atoms with Gasteiger partial charge in [-0.3, -0.25) is 14.1 Å². The van der Waals surface area contributed by atoms with Crippen molar-refractivity contribution in [3.63, 3.8) is 0 Å². The number of hydrogen-bond donors (Lipinski definition) is 2. The van der Waals surface area contributed by atoms with Gasteiger partial charge in [0.15, 0.2) is 17.4 Å². The fraction of sp³-hybridized carbons (Fsp3) is 0.385. The Balaban J connectivity index is 1.64. The molecule has 2 heterocycles. The molecule has 0 unspecified atom stereocenters. The Kier molecular flexibility index (Phi) is 8.12. The van der Waals surface area contributed by atoms with E-state index < -0.39 is 10.0 Å². The lowest BCUT2D eigenvalue weighted by molar-refractivity contribution is -0.133. The first-order valence-electron chi connectivity index (χ1n) is 12.1. The average Bonchev–Trinajstić information content (AvgIpc) is 3.24. The van der Waals surface area contributed by atoms with Crippen LogP contribution in [0, 0.1) is 0 Å². The molecule has 1 aliphatic rings. The summed E-state index contributed by atoms with van der Waals surface area (Å²) in [6.07, 6.45) is 1.59. The number of fused-ring (bicyclic) bond motifs is 1. The van der Waals surface area contributed by atoms with Crippen LogP contribution in [0.4, 0.5) is 11.4 Å². The van der Waals surface area contributed by atoms with Crippen molar-refractivity contribution in [1.82, 2.24) is 9.88 Å². The number of anilines is 1. The number of carbonyl (C=O) groups is 1. The molecule has 4 rings (SSSR count). The summed E-state index contributed by atoms with van der Waals surface area (Å²) < 4.78 is 42.2. The second kappa shape index (κ2) is 11.3. The molecule has 0 atom stereocenters. The average molecular weight is 545 g/mol. The minimum Gasteiger partial charge on any atom is -0.494 e. The minimum absolute atomic E-state index is 0.0302. The van der Waals surface area contributed by atoms with Gasteiger partial charge in [0.2, 0.25) is 15.9 Å². The van der Waals surface area contributed by atoms with E-state index >= 15 is 0 Å². The van der Waals surface area contributed by atoms with Crippen molar-refractivity contribution in [3.05, 3.63) is 42.0 Å². The number of aromatic nitrogens is 1. The first-order valence-corrected chi connectivity index (χ1v) is 14.0. The molecule has 11 nitrogen and oxygen atoms in total. The van der Waals surface area contributed by atoms with Gasteiger partial charge in [-0.15, -0.1) is 0 Å². The maximum Gasteiger partial charge on any atom is 0.243 e. The molecule has 204 valence electrons. The number of ether oxygens (including phenoxy) is 3. The van der Waals surface area contributed by atoms with Crippen LogP contribution in [0.3, 0.4) is 0 Å². The zero-order valence-corrected chi connectivity index (χ0v) is 22.7. The number of sulfonamides is 1. The Morgan fingerprint density at radius 3 is 2.34 bits per heavy atom. The smallest absolute Gasteiger partial charge is 0.243 e. The van der Waals surface area contributed by atoms with Gasteiger partial charge in [-0.05, 0) is 36.8 Å². The molecule has 12 heteroatoms. The second-order valence-corrected chi connectivity index (χ2v) is 10.7.